The van der Waals surface area contributed by atoms with E-state index >= 15 is 0 Å². The SMILES string of the molecule is COc1cc(NC(=O)c2ccc(C(C)(C)C)cc2)ccc1NC(=O)c1cc2ccccc2o1. The van der Waals surface area contributed by atoms with Crippen LogP contribution in [0.3, 0.4) is 0 Å². The summed E-state index contributed by atoms with van der Waals surface area (Å²) in [7, 11) is 1.50. The average molecular weight is 443 g/mol. The summed E-state index contributed by atoms with van der Waals surface area (Å²) in [6.07, 6.45) is 0. The number of carbonyl (C=O) groups is 2. The highest BCUT2D eigenvalue weighted by molar-refractivity contribution is 6.06. The fourth-order valence-corrected chi connectivity index (χ4v) is 3.47. The van der Waals surface area contributed by atoms with Gasteiger partial charge in [0.2, 0.25) is 0 Å². The molecule has 168 valence electrons. The topological polar surface area (TPSA) is 80.6 Å². The zero-order valence-electron chi connectivity index (χ0n) is 19.1. The normalized spacial score (nSPS) is 11.3. The molecule has 4 aromatic rings. The number of ether oxygens (including phenoxy) is 1. The van der Waals surface area contributed by atoms with E-state index in [9.17, 15) is 9.59 Å². The molecule has 0 aliphatic heterocycles. The van der Waals surface area contributed by atoms with Gasteiger partial charge in [0, 0.05) is 22.7 Å². The molecule has 0 atom stereocenters. The lowest BCUT2D eigenvalue weighted by Crippen LogP contribution is -2.15. The van der Waals surface area contributed by atoms with E-state index in [1.807, 2.05) is 42.5 Å². The highest BCUT2D eigenvalue weighted by atomic mass is 16.5. The van der Waals surface area contributed by atoms with E-state index in [0.29, 0.717) is 28.3 Å². The molecule has 3 aromatic carbocycles. The Hall–Kier alpha value is -4.06. The second kappa shape index (κ2) is 8.82. The van der Waals surface area contributed by atoms with Crippen molar-refractivity contribution in [3.63, 3.8) is 0 Å². The summed E-state index contributed by atoms with van der Waals surface area (Å²) in [5.74, 6) is 0.00600. The lowest BCUT2D eigenvalue weighted by atomic mass is 9.87. The highest BCUT2D eigenvalue weighted by Crippen LogP contribution is 2.30. The number of carbonyl (C=O) groups excluding carboxylic acids is 2. The van der Waals surface area contributed by atoms with Crippen LogP contribution in [0.15, 0.2) is 77.2 Å². The summed E-state index contributed by atoms with van der Waals surface area (Å²) >= 11 is 0. The van der Waals surface area contributed by atoms with Gasteiger partial charge in [0.05, 0.1) is 12.8 Å². The van der Waals surface area contributed by atoms with Crippen molar-refractivity contribution in [1.29, 1.82) is 0 Å². The monoisotopic (exact) mass is 442 g/mol. The molecule has 4 rings (SSSR count). The molecular formula is C27H26N2O4. The Kier molecular flexibility index (Phi) is 5.92. The third kappa shape index (κ3) is 4.90. The number of rotatable bonds is 5. The van der Waals surface area contributed by atoms with Gasteiger partial charge >= 0.3 is 0 Å². The van der Waals surface area contributed by atoms with E-state index < -0.39 is 0 Å². The molecule has 2 N–H and O–H groups in total. The zero-order valence-corrected chi connectivity index (χ0v) is 19.1. The van der Waals surface area contributed by atoms with E-state index in [4.69, 9.17) is 9.15 Å². The third-order valence-electron chi connectivity index (χ3n) is 5.37. The van der Waals surface area contributed by atoms with Crippen molar-refractivity contribution in [2.75, 3.05) is 17.7 Å². The molecule has 0 aliphatic carbocycles. The van der Waals surface area contributed by atoms with E-state index in [2.05, 4.69) is 31.4 Å². The van der Waals surface area contributed by atoms with E-state index in [1.54, 1.807) is 30.3 Å². The van der Waals surface area contributed by atoms with Gasteiger partial charge < -0.3 is 19.8 Å². The molecule has 0 unspecified atom stereocenters. The minimum atomic E-state index is -0.389. The van der Waals surface area contributed by atoms with Gasteiger partial charge in [-0.25, -0.2) is 0 Å². The van der Waals surface area contributed by atoms with Crippen LogP contribution in [0.25, 0.3) is 11.0 Å². The molecule has 6 nitrogen and oxygen atoms in total. The Morgan fingerprint density at radius 3 is 2.24 bits per heavy atom. The lowest BCUT2D eigenvalue weighted by Gasteiger charge is -2.19. The number of benzene rings is 3. The van der Waals surface area contributed by atoms with Crippen LogP contribution in [-0.2, 0) is 5.41 Å². The first-order valence-electron chi connectivity index (χ1n) is 10.6. The molecule has 0 fully saturated rings. The number of anilines is 2. The molecule has 1 heterocycles. The number of furan rings is 1. The maximum Gasteiger partial charge on any atom is 0.291 e. The summed E-state index contributed by atoms with van der Waals surface area (Å²) in [4.78, 5) is 25.3. The van der Waals surface area contributed by atoms with Gasteiger partial charge in [-0.2, -0.15) is 0 Å². The number of methoxy groups -OCH3 is 1. The Labute approximate surface area is 192 Å². The number of nitrogens with one attached hydrogen (secondary N) is 2. The van der Waals surface area contributed by atoms with Crippen LogP contribution in [0.1, 0.15) is 47.2 Å². The van der Waals surface area contributed by atoms with Gasteiger partial charge in [-0.1, -0.05) is 51.1 Å². The zero-order chi connectivity index (χ0) is 23.6. The van der Waals surface area contributed by atoms with Gasteiger partial charge in [0.15, 0.2) is 5.76 Å². The van der Waals surface area contributed by atoms with Gasteiger partial charge in [-0.15, -0.1) is 0 Å². The number of hydrogen-bond acceptors (Lipinski definition) is 4. The van der Waals surface area contributed by atoms with Crippen LogP contribution in [0.5, 0.6) is 5.75 Å². The minimum Gasteiger partial charge on any atom is -0.494 e. The second-order valence-electron chi connectivity index (χ2n) is 8.80. The molecule has 0 radical (unpaired) electrons. The fourth-order valence-electron chi connectivity index (χ4n) is 3.47. The lowest BCUT2D eigenvalue weighted by molar-refractivity contribution is 0.0996. The molecule has 0 aliphatic rings. The maximum absolute atomic E-state index is 12.7. The summed E-state index contributed by atoms with van der Waals surface area (Å²) in [6, 6.07) is 21.7. The van der Waals surface area contributed by atoms with Crippen LogP contribution in [-0.4, -0.2) is 18.9 Å². The summed E-state index contributed by atoms with van der Waals surface area (Å²) in [6.45, 7) is 6.38. The van der Waals surface area contributed by atoms with Crippen LogP contribution >= 0.6 is 0 Å². The summed E-state index contributed by atoms with van der Waals surface area (Å²) in [5.41, 5.74) is 3.40. The molecular weight excluding hydrogens is 416 g/mol. The molecule has 1 aromatic heterocycles. The van der Waals surface area contributed by atoms with E-state index in [-0.39, 0.29) is 23.0 Å². The Balaban J connectivity index is 1.48. The second-order valence-corrected chi connectivity index (χ2v) is 8.80. The first-order chi connectivity index (χ1) is 15.7. The van der Waals surface area contributed by atoms with E-state index in [0.717, 1.165) is 10.9 Å². The van der Waals surface area contributed by atoms with Gasteiger partial charge in [-0.3, -0.25) is 9.59 Å². The first kappa shape index (κ1) is 22.1. The van der Waals surface area contributed by atoms with Crippen molar-refractivity contribution < 1.29 is 18.7 Å². The van der Waals surface area contributed by atoms with Gasteiger partial charge in [0.25, 0.3) is 11.8 Å². The molecule has 0 spiro atoms. The largest absolute Gasteiger partial charge is 0.494 e. The van der Waals surface area contributed by atoms with Crippen LogP contribution < -0.4 is 15.4 Å². The molecule has 0 saturated heterocycles. The predicted molar refractivity (Wildman–Crippen MR) is 130 cm³/mol. The highest BCUT2D eigenvalue weighted by Gasteiger charge is 2.17. The van der Waals surface area contributed by atoms with Gasteiger partial charge in [0.1, 0.15) is 11.3 Å². The number of hydrogen-bond donors (Lipinski definition) is 2. The molecule has 2 amide bonds. The quantitative estimate of drug-likeness (QED) is 0.383. The minimum absolute atomic E-state index is 0.0189. The fraction of sp³-hybridized carbons (Fsp3) is 0.185. The van der Waals surface area contributed by atoms with Gasteiger partial charge in [-0.05, 0) is 47.4 Å². The van der Waals surface area contributed by atoms with Crippen LogP contribution in [0.4, 0.5) is 11.4 Å². The van der Waals surface area contributed by atoms with Crippen LogP contribution in [0, 0.1) is 0 Å². The van der Waals surface area contributed by atoms with Crippen molar-refractivity contribution in [3.05, 3.63) is 89.7 Å². The Morgan fingerprint density at radius 1 is 0.848 bits per heavy atom. The van der Waals surface area contributed by atoms with Crippen LogP contribution in [0.2, 0.25) is 0 Å². The molecule has 0 bridgehead atoms. The number of para-hydroxylation sites is 1. The standard InChI is InChI=1S/C27H26N2O4/c1-27(2,3)19-11-9-17(10-12-19)25(30)28-20-13-14-21(23(16-20)32-4)29-26(31)24-15-18-7-5-6-8-22(18)33-24/h5-16H,1-4H3,(H,28,30)(H,29,31). The molecule has 33 heavy (non-hydrogen) atoms. The van der Waals surface area contributed by atoms with Crippen molar-refractivity contribution in [3.8, 4) is 5.75 Å². The van der Waals surface area contributed by atoms with E-state index in [1.165, 1.54) is 7.11 Å². The molecule has 6 heteroatoms. The smallest absolute Gasteiger partial charge is 0.291 e. The average Bonchev–Trinajstić information content (AvgIpc) is 3.24. The Morgan fingerprint density at radius 2 is 1.58 bits per heavy atom. The number of amides is 2. The first-order valence-corrected chi connectivity index (χ1v) is 10.6. The van der Waals surface area contributed by atoms with Crippen molar-refractivity contribution >= 4 is 34.2 Å². The van der Waals surface area contributed by atoms with Crippen molar-refractivity contribution in [2.24, 2.45) is 0 Å². The maximum atomic E-state index is 12.7. The summed E-state index contributed by atoms with van der Waals surface area (Å²) < 4.78 is 11.0. The van der Waals surface area contributed by atoms with Crippen molar-refractivity contribution in [1.82, 2.24) is 0 Å². The number of fused-ring (bicyclic) bond motifs is 1. The van der Waals surface area contributed by atoms with Crippen molar-refractivity contribution in [2.45, 2.75) is 26.2 Å². The third-order valence-corrected chi connectivity index (χ3v) is 5.37. The summed E-state index contributed by atoms with van der Waals surface area (Å²) in [5, 5.41) is 6.52. The Bertz CT molecular complexity index is 1280. The predicted octanol–water partition coefficient (Wildman–Crippen LogP) is 6.24. The molecule has 0 saturated carbocycles.